The van der Waals surface area contributed by atoms with Crippen molar-refractivity contribution in [2.45, 2.75) is 26.5 Å². The molecule has 1 amide bonds. The average molecular weight is 389 g/mol. The molecule has 0 bridgehead atoms. The fourth-order valence-electron chi connectivity index (χ4n) is 3.28. The molecule has 1 unspecified atom stereocenters. The van der Waals surface area contributed by atoms with Crippen LogP contribution in [-0.2, 0) is 13.7 Å². The fraction of sp³-hybridized carbons (Fsp3) is 0.217. The van der Waals surface area contributed by atoms with E-state index in [0.717, 1.165) is 27.8 Å². The Labute approximate surface area is 169 Å². The van der Waals surface area contributed by atoms with Gasteiger partial charge in [-0.05, 0) is 48.9 Å². The van der Waals surface area contributed by atoms with Gasteiger partial charge in [0, 0.05) is 18.3 Å². The first-order valence-corrected chi connectivity index (χ1v) is 9.51. The molecule has 0 saturated carbocycles. The predicted octanol–water partition coefficient (Wildman–Crippen LogP) is 4.54. The van der Waals surface area contributed by atoms with E-state index in [1.807, 2.05) is 57.3 Å². The lowest BCUT2D eigenvalue weighted by Crippen LogP contribution is -2.26. The Morgan fingerprint density at radius 1 is 1.17 bits per heavy atom. The zero-order valence-corrected chi connectivity index (χ0v) is 16.7. The molecule has 0 aliphatic heterocycles. The number of furan rings is 1. The number of hydrogen-bond acceptors (Lipinski definition) is 4. The molecule has 29 heavy (non-hydrogen) atoms. The molecule has 148 valence electrons. The first-order valence-electron chi connectivity index (χ1n) is 9.51. The molecule has 0 aliphatic rings. The number of carbonyl (C=O) groups excluding carboxylic acids is 1. The highest BCUT2D eigenvalue weighted by atomic mass is 16.5. The van der Waals surface area contributed by atoms with Gasteiger partial charge in [-0.3, -0.25) is 9.48 Å². The van der Waals surface area contributed by atoms with Crippen LogP contribution < -0.4 is 10.1 Å². The SMILES string of the molecule is Cc1c(C(C)NC(=O)c2ccc(COc3ccc4ccccc4c3)o2)cnn1C. The number of aryl methyl sites for hydroxylation is 1. The van der Waals surface area contributed by atoms with E-state index in [0.29, 0.717) is 5.76 Å². The summed E-state index contributed by atoms with van der Waals surface area (Å²) in [5, 5.41) is 9.44. The Morgan fingerprint density at radius 2 is 1.97 bits per heavy atom. The van der Waals surface area contributed by atoms with Crippen molar-refractivity contribution in [3.8, 4) is 5.75 Å². The summed E-state index contributed by atoms with van der Waals surface area (Å²) in [4.78, 5) is 12.5. The number of rotatable bonds is 6. The van der Waals surface area contributed by atoms with Crippen LogP contribution in [0.2, 0.25) is 0 Å². The summed E-state index contributed by atoms with van der Waals surface area (Å²) in [5.41, 5.74) is 1.99. The van der Waals surface area contributed by atoms with E-state index >= 15 is 0 Å². The molecule has 0 aliphatic carbocycles. The molecule has 2 heterocycles. The number of hydrogen-bond donors (Lipinski definition) is 1. The second-order valence-electron chi connectivity index (χ2n) is 7.07. The van der Waals surface area contributed by atoms with Gasteiger partial charge in [0.25, 0.3) is 5.91 Å². The van der Waals surface area contributed by atoms with Gasteiger partial charge < -0.3 is 14.5 Å². The number of fused-ring (bicyclic) bond motifs is 1. The van der Waals surface area contributed by atoms with Gasteiger partial charge in [0.2, 0.25) is 0 Å². The number of aromatic nitrogens is 2. The Bertz CT molecular complexity index is 1160. The number of nitrogens with one attached hydrogen (secondary N) is 1. The number of amides is 1. The van der Waals surface area contributed by atoms with Crippen molar-refractivity contribution >= 4 is 16.7 Å². The third kappa shape index (κ3) is 4.01. The molecule has 0 radical (unpaired) electrons. The van der Waals surface area contributed by atoms with Gasteiger partial charge in [-0.2, -0.15) is 5.10 Å². The molecule has 2 aromatic carbocycles. The minimum Gasteiger partial charge on any atom is -0.486 e. The maximum Gasteiger partial charge on any atom is 0.287 e. The van der Waals surface area contributed by atoms with Gasteiger partial charge in [-0.25, -0.2) is 0 Å². The lowest BCUT2D eigenvalue weighted by molar-refractivity contribution is 0.0907. The minimum absolute atomic E-state index is 0.168. The summed E-state index contributed by atoms with van der Waals surface area (Å²) in [7, 11) is 1.88. The van der Waals surface area contributed by atoms with E-state index in [-0.39, 0.29) is 24.3 Å². The van der Waals surface area contributed by atoms with Gasteiger partial charge in [-0.15, -0.1) is 0 Å². The van der Waals surface area contributed by atoms with Gasteiger partial charge in [0.1, 0.15) is 18.1 Å². The highest BCUT2D eigenvalue weighted by Gasteiger charge is 2.18. The monoisotopic (exact) mass is 389 g/mol. The first kappa shape index (κ1) is 18.8. The van der Waals surface area contributed by atoms with Crippen molar-refractivity contribution in [1.29, 1.82) is 0 Å². The van der Waals surface area contributed by atoms with Crippen LogP contribution in [0.1, 0.15) is 40.5 Å². The number of carbonyl (C=O) groups is 1. The molecule has 4 rings (SSSR count). The topological polar surface area (TPSA) is 69.3 Å². The molecule has 0 saturated heterocycles. The zero-order chi connectivity index (χ0) is 20.4. The normalized spacial score (nSPS) is 12.1. The Kier molecular flexibility index (Phi) is 5.08. The summed E-state index contributed by atoms with van der Waals surface area (Å²) in [5.74, 6) is 1.34. The highest BCUT2D eigenvalue weighted by Crippen LogP contribution is 2.22. The van der Waals surface area contributed by atoms with Crippen molar-refractivity contribution < 1.29 is 13.9 Å². The Morgan fingerprint density at radius 3 is 2.72 bits per heavy atom. The van der Waals surface area contributed by atoms with Crippen LogP contribution in [0.3, 0.4) is 0 Å². The van der Waals surface area contributed by atoms with Crippen molar-refractivity contribution in [3.63, 3.8) is 0 Å². The molecule has 6 heteroatoms. The largest absolute Gasteiger partial charge is 0.486 e. The molecule has 0 fully saturated rings. The molecule has 0 spiro atoms. The van der Waals surface area contributed by atoms with E-state index in [2.05, 4.69) is 16.5 Å². The molecule has 4 aromatic rings. The van der Waals surface area contributed by atoms with Gasteiger partial charge >= 0.3 is 0 Å². The third-order valence-electron chi connectivity index (χ3n) is 5.07. The van der Waals surface area contributed by atoms with Crippen molar-refractivity contribution in [1.82, 2.24) is 15.1 Å². The Balaban J connectivity index is 1.38. The summed E-state index contributed by atoms with van der Waals surface area (Å²) < 4.78 is 13.3. The zero-order valence-electron chi connectivity index (χ0n) is 16.7. The molecular weight excluding hydrogens is 366 g/mol. The predicted molar refractivity (Wildman–Crippen MR) is 111 cm³/mol. The van der Waals surface area contributed by atoms with E-state index in [1.54, 1.807) is 23.0 Å². The summed E-state index contributed by atoms with van der Waals surface area (Å²) in [6.45, 7) is 4.15. The molecule has 2 aromatic heterocycles. The van der Waals surface area contributed by atoms with Gasteiger partial charge in [0.05, 0.1) is 12.2 Å². The average Bonchev–Trinajstić information content (AvgIpc) is 3.33. The van der Waals surface area contributed by atoms with Crippen LogP contribution in [0.15, 0.2) is 65.2 Å². The second kappa shape index (κ2) is 7.83. The fourth-order valence-corrected chi connectivity index (χ4v) is 3.28. The summed E-state index contributed by atoms with van der Waals surface area (Å²) in [6, 6.07) is 17.3. The van der Waals surface area contributed by atoms with E-state index in [9.17, 15) is 4.79 Å². The maximum atomic E-state index is 12.5. The van der Waals surface area contributed by atoms with Crippen LogP contribution >= 0.6 is 0 Å². The van der Waals surface area contributed by atoms with Crippen LogP contribution in [0.4, 0.5) is 0 Å². The Hall–Kier alpha value is -3.54. The molecule has 1 atom stereocenters. The lowest BCUT2D eigenvalue weighted by atomic mass is 10.1. The third-order valence-corrected chi connectivity index (χ3v) is 5.07. The summed E-state index contributed by atoms with van der Waals surface area (Å²) >= 11 is 0. The smallest absolute Gasteiger partial charge is 0.287 e. The quantitative estimate of drug-likeness (QED) is 0.525. The van der Waals surface area contributed by atoms with Gasteiger partial charge in [-0.1, -0.05) is 30.3 Å². The van der Waals surface area contributed by atoms with Crippen LogP contribution in [-0.4, -0.2) is 15.7 Å². The first-order chi connectivity index (χ1) is 14.0. The van der Waals surface area contributed by atoms with Gasteiger partial charge in [0.15, 0.2) is 5.76 Å². The van der Waals surface area contributed by atoms with Crippen molar-refractivity contribution in [3.05, 3.63) is 83.6 Å². The van der Waals surface area contributed by atoms with E-state index < -0.39 is 0 Å². The minimum atomic E-state index is -0.266. The van der Waals surface area contributed by atoms with Crippen LogP contribution in [0.5, 0.6) is 5.75 Å². The van der Waals surface area contributed by atoms with Crippen molar-refractivity contribution in [2.75, 3.05) is 0 Å². The summed E-state index contributed by atoms with van der Waals surface area (Å²) in [6.07, 6.45) is 1.77. The number of benzene rings is 2. The van der Waals surface area contributed by atoms with Crippen LogP contribution in [0.25, 0.3) is 10.8 Å². The lowest BCUT2D eigenvalue weighted by Gasteiger charge is -2.12. The van der Waals surface area contributed by atoms with E-state index in [1.165, 1.54) is 0 Å². The standard InChI is InChI=1S/C23H23N3O3/c1-15(21-13-24-26(3)16(21)2)25-23(27)22-11-10-20(29-22)14-28-19-9-8-17-6-4-5-7-18(17)12-19/h4-13,15H,14H2,1-3H3,(H,25,27). The number of nitrogens with zero attached hydrogens (tertiary/aromatic N) is 2. The highest BCUT2D eigenvalue weighted by molar-refractivity contribution is 5.91. The van der Waals surface area contributed by atoms with E-state index in [4.69, 9.17) is 9.15 Å². The maximum absolute atomic E-state index is 12.5. The van der Waals surface area contributed by atoms with Crippen molar-refractivity contribution in [2.24, 2.45) is 7.05 Å². The molecule has 1 N–H and O–H groups in total. The molecular formula is C23H23N3O3. The molecule has 6 nitrogen and oxygen atoms in total. The van der Waals surface area contributed by atoms with Crippen LogP contribution in [0, 0.1) is 6.92 Å². The number of ether oxygens (including phenoxy) is 1. The second-order valence-corrected chi connectivity index (χ2v) is 7.07.